The Balaban J connectivity index is 0.00000320. The number of carbonyl (C=O) groups is 2. The number of carbonyl (C=O) groups excluding carboxylic acids is 2. The van der Waals surface area contributed by atoms with E-state index in [4.69, 9.17) is 4.74 Å². The van der Waals surface area contributed by atoms with Gasteiger partial charge < -0.3 is 14.6 Å². The zero-order valence-corrected chi connectivity index (χ0v) is 20.6. The minimum absolute atomic E-state index is 0. The fraction of sp³-hybridized carbons (Fsp3) is 0.200. The summed E-state index contributed by atoms with van der Waals surface area (Å²) in [7, 11) is 0. The molecule has 3 aromatic carbocycles. The fourth-order valence-corrected chi connectivity index (χ4v) is 3.50. The minimum Gasteiger partial charge on any atom is -0.545 e. The number of esters is 1. The molecule has 3 aromatic rings. The summed E-state index contributed by atoms with van der Waals surface area (Å²) in [5.74, 6) is -1.90. The predicted octanol–water partition coefficient (Wildman–Crippen LogP) is 1.32. The van der Waals surface area contributed by atoms with Gasteiger partial charge in [0.05, 0.1) is 11.5 Å². The third-order valence-corrected chi connectivity index (χ3v) is 5.41. The molecule has 0 heterocycles. The standard InChI is InChI=1S/C25H24O4.K/c1-3-25(2,21-15-8-5-9-16-21)22(18-11-6-4-7-12-18)29-24(28)20-14-10-13-19(17-20)23(26)27;/h4-17,22H,3H2,1-2H3,(H,26,27);/q;+1/p-1. The Bertz CT molecular complexity index is 988. The predicted molar refractivity (Wildman–Crippen MR) is 109 cm³/mol. The molecule has 0 radical (unpaired) electrons. The van der Waals surface area contributed by atoms with Gasteiger partial charge in [-0.2, -0.15) is 0 Å². The Morgan fingerprint density at radius 2 is 1.47 bits per heavy atom. The molecule has 0 spiro atoms. The maximum Gasteiger partial charge on any atom is 1.00 e. The number of benzene rings is 3. The first-order valence-corrected chi connectivity index (χ1v) is 9.58. The average Bonchev–Trinajstić information content (AvgIpc) is 2.78. The Morgan fingerprint density at radius 3 is 2.03 bits per heavy atom. The zero-order chi connectivity index (χ0) is 20.9. The van der Waals surface area contributed by atoms with Crippen LogP contribution in [0.5, 0.6) is 0 Å². The van der Waals surface area contributed by atoms with Gasteiger partial charge in [0.15, 0.2) is 0 Å². The molecule has 0 fully saturated rings. The second kappa shape index (κ2) is 11.0. The number of ether oxygens (including phenoxy) is 1. The van der Waals surface area contributed by atoms with Crippen molar-refractivity contribution in [2.45, 2.75) is 31.8 Å². The van der Waals surface area contributed by atoms with E-state index in [-0.39, 0.29) is 62.5 Å². The quantitative estimate of drug-likeness (QED) is 0.422. The monoisotopic (exact) mass is 426 g/mol. The first-order valence-electron chi connectivity index (χ1n) is 9.58. The number of aromatic carboxylic acids is 1. The molecule has 2 atom stereocenters. The van der Waals surface area contributed by atoms with Crippen molar-refractivity contribution in [3.05, 3.63) is 107 Å². The van der Waals surface area contributed by atoms with E-state index < -0.39 is 23.5 Å². The van der Waals surface area contributed by atoms with Gasteiger partial charge in [-0.3, -0.25) is 0 Å². The summed E-state index contributed by atoms with van der Waals surface area (Å²) < 4.78 is 6.02. The van der Waals surface area contributed by atoms with Gasteiger partial charge in [-0.15, -0.1) is 0 Å². The Hall–Kier alpha value is -1.76. The van der Waals surface area contributed by atoms with Crippen LogP contribution in [0.15, 0.2) is 84.9 Å². The van der Waals surface area contributed by atoms with Crippen LogP contribution >= 0.6 is 0 Å². The van der Waals surface area contributed by atoms with E-state index in [0.717, 1.165) is 17.5 Å². The number of rotatable bonds is 7. The van der Waals surface area contributed by atoms with Gasteiger partial charge in [-0.05, 0) is 35.2 Å². The van der Waals surface area contributed by atoms with Crippen LogP contribution in [-0.4, -0.2) is 11.9 Å². The van der Waals surface area contributed by atoms with E-state index in [0.29, 0.717) is 0 Å². The summed E-state index contributed by atoms with van der Waals surface area (Å²) in [6, 6.07) is 25.3. The van der Waals surface area contributed by atoms with Gasteiger partial charge >= 0.3 is 57.4 Å². The summed E-state index contributed by atoms with van der Waals surface area (Å²) in [6.07, 6.45) is 0.193. The van der Waals surface area contributed by atoms with E-state index >= 15 is 0 Å². The molecule has 148 valence electrons. The van der Waals surface area contributed by atoms with Crippen molar-refractivity contribution >= 4 is 11.9 Å². The summed E-state index contributed by atoms with van der Waals surface area (Å²) in [5, 5.41) is 11.1. The molecule has 5 heteroatoms. The third kappa shape index (κ3) is 5.48. The molecule has 0 saturated heterocycles. The Morgan fingerprint density at radius 1 is 0.900 bits per heavy atom. The molecule has 0 aliphatic carbocycles. The number of hydrogen-bond donors (Lipinski definition) is 0. The van der Waals surface area contributed by atoms with Crippen molar-refractivity contribution in [1.29, 1.82) is 0 Å². The van der Waals surface area contributed by atoms with E-state index in [1.54, 1.807) is 6.07 Å². The molecule has 0 aliphatic rings. The van der Waals surface area contributed by atoms with Crippen LogP contribution in [0.4, 0.5) is 0 Å². The van der Waals surface area contributed by atoms with Gasteiger partial charge in [-0.25, -0.2) is 4.79 Å². The molecule has 4 nitrogen and oxygen atoms in total. The summed E-state index contributed by atoms with van der Waals surface area (Å²) in [5.41, 5.74) is 1.60. The normalized spacial score (nSPS) is 13.4. The molecule has 2 unspecified atom stereocenters. The van der Waals surface area contributed by atoms with Gasteiger partial charge in [0, 0.05) is 5.41 Å². The number of carboxylic acids is 1. The van der Waals surface area contributed by atoms with E-state index in [2.05, 4.69) is 13.8 Å². The molecular weight excluding hydrogens is 403 g/mol. The van der Waals surface area contributed by atoms with Crippen LogP contribution in [0.3, 0.4) is 0 Å². The molecule has 0 saturated carbocycles. The van der Waals surface area contributed by atoms with Gasteiger partial charge in [0.1, 0.15) is 6.10 Å². The SMILES string of the molecule is CCC(C)(c1ccccc1)C(OC(=O)c1cccc(C(=O)[O-])c1)c1ccccc1.[K+]. The van der Waals surface area contributed by atoms with Gasteiger partial charge in [-0.1, -0.05) is 86.6 Å². The maximum absolute atomic E-state index is 13.0. The Kier molecular flexibility index (Phi) is 9.01. The van der Waals surface area contributed by atoms with Crippen LogP contribution in [0, 0.1) is 0 Å². The maximum atomic E-state index is 13.0. The zero-order valence-electron chi connectivity index (χ0n) is 17.5. The van der Waals surface area contributed by atoms with Crippen LogP contribution < -0.4 is 56.5 Å². The molecular formula is C25H23KO4. The molecule has 0 aromatic heterocycles. The number of carboxylic acid groups (broad SMARTS) is 1. The summed E-state index contributed by atoms with van der Waals surface area (Å²) >= 11 is 0. The second-order valence-corrected chi connectivity index (χ2v) is 7.20. The first-order chi connectivity index (χ1) is 14.0. The summed E-state index contributed by atoms with van der Waals surface area (Å²) in [6.45, 7) is 4.14. The second-order valence-electron chi connectivity index (χ2n) is 7.20. The van der Waals surface area contributed by atoms with Gasteiger partial charge in [0.2, 0.25) is 0 Å². The van der Waals surface area contributed by atoms with Crippen LogP contribution in [0.1, 0.15) is 58.2 Å². The van der Waals surface area contributed by atoms with E-state index in [9.17, 15) is 14.7 Å². The largest absolute Gasteiger partial charge is 1.00 e. The van der Waals surface area contributed by atoms with Gasteiger partial charge in [0.25, 0.3) is 0 Å². The average molecular weight is 427 g/mol. The van der Waals surface area contributed by atoms with E-state index in [1.807, 2.05) is 60.7 Å². The van der Waals surface area contributed by atoms with Crippen molar-refractivity contribution in [2.24, 2.45) is 0 Å². The fourth-order valence-electron chi connectivity index (χ4n) is 3.50. The molecule has 30 heavy (non-hydrogen) atoms. The van der Waals surface area contributed by atoms with E-state index in [1.165, 1.54) is 18.2 Å². The van der Waals surface area contributed by atoms with Crippen LogP contribution in [-0.2, 0) is 10.2 Å². The van der Waals surface area contributed by atoms with Crippen molar-refractivity contribution in [2.75, 3.05) is 0 Å². The van der Waals surface area contributed by atoms with Crippen molar-refractivity contribution in [3.63, 3.8) is 0 Å². The minimum atomic E-state index is -1.33. The van der Waals surface area contributed by atoms with Crippen molar-refractivity contribution in [3.8, 4) is 0 Å². The molecule has 0 aliphatic heterocycles. The topological polar surface area (TPSA) is 66.4 Å². The summed E-state index contributed by atoms with van der Waals surface area (Å²) in [4.78, 5) is 24.1. The van der Waals surface area contributed by atoms with Crippen LogP contribution in [0.25, 0.3) is 0 Å². The smallest absolute Gasteiger partial charge is 0.545 e. The molecule has 3 rings (SSSR count). The molecule has 0 amide bonds. The van der Waals surface area contributed by atoms with Crippen molar-refractivity contribution in [1.82, 2.24) is 0 Å². The Labute approximate surface area is 219 Å². The molecule has 0 N–H and O–H groups in total. The van der Waals surface area contributed by atoms with Crippen LogP contribution in [0.2, 0.25) is 0 Å². The van der Waals surface area contributed by atoms with Crippen molar-refractivity contribution < 1.29 is 70.8 Å². The first kappa shape index (κ1) is 24.5. The third-order valence-electron chi connectivity index (χ3n) is 5.41. The number of hydrogen-bond acceptors (Lipinski definition) is 4. The molecule has 0 bridgehead atoms.